The normalized spacial score (nSPS) is 12.9. The lowest BCUT2D eigenvalue weighted by molar-refractivity contribution is -0.147. The summed E-state index contributed by atoms with van der Waals surface area (Å²) in [5.74, 6) is 0.809. The third-order valence-electron chi connectivity index (χ3n) is 4.22. The van der Waals surface area contributed by atoms with Crippen LogP contribution in [-0.2, 0) is 27.5 Å². The van der Waals surface area contributed by atoms with E-state index in [4.69, 9.17) is 30.5 Å². The van der Waals surface area contributed by atoms with Crippen LogP contribution in [0.3, 0.4) is 0 Å². The Kier molecular flexibility index (Phi) is 5.14. The first-order chi connectivity index (χ1) is 13.2. The van der Waals surface area contributed by atoms with Gasteiger partial charge in [0, 0.05) is 16.1 Å². The van der Waals surface area contributed by atoms with Crippen molar-refractivity contribution in [2.45, 2.75) is 13.2 Å². The van der Waals surface area contributed by atoms with Crippen molar-refractivity contribution in [3.8, 4) is 11.5 Å². The van der Waals surface area contributed by atoms with Crippen LogP contribution in [0.2, 0.25) is 5.02 Å². The van der Waals surface area contributed by atoms with Gasteiger partial charge >= 0.3 is 5.97 Å². The van der Waals surface area contributed by atoms with Gasteiger partial charge in [-0.25, -0.2) is 4.79 Å². The van der Waals surface area contributed by atoms with Crippen molar-refractivity contribution in [1.82, 2.24) is 0 Å². The Balaban J connectivity index is 1.36. The van der Waals surface area contributed by atoms with E-state index in [1.165, 1.54) is 0 Å². The minimum atomic E-state index is -0.469. The van der Waals surface area contributed by atoms with Crippen LogP contribution >= 0.6 is 11.6 Å². The Morgan fingerprint density at radius 2 is 1.93 bits per heavy atom. The molecule has 0 amide bonds. The molecule has 0 unspecified atom stereocenters. The lowest BCUT2D eigenvalue weighted by Gasteiger charge is -2.21. The maximum absolute atomic E-state index is 12.1. The topological polar surface area (TPSA) is 54.0 Å². The number of carbonyl (C=O) groups is 1. The van der Waals surface area contributed by atoms with Gasteiger partial charge in [-0.05, 0) is 35.0 Å². The predicted molar refractivity (Wildman–Crippen MR) is 101 cm³/mol. The van der Waals surface area contributed by atoms with Crippen molar-refractivity contribution in [1.29, 1.82) is 0 Å². The molecular weight excluding hydrogens is 368 g/mol. The summed E-state index contributed by atoms with van der Waals surface area (Å²) in [6.07, 6.45) is 0. The molecule has 0 N–H and O–H groups in total. The second-order valence-corrected chi connectivity index (χ2v) is 6.56. The SMILES string of the molecule is O=C(COc1ccc2ccccc2c1)OCc1cc(Cl)cc2c1OCOC2. The van der Waals surface area contributed by atoms with Gasteiger partial charge in [-0.15, -0.1) is 0 Å². The van der Waals surface area contributed by atoms with Crippen LogP contribution in [0.4, 0.5) is 0 Å². The summed E-state index contributed by atoms with van der Waals surface area (Å²) in [5, 5.41) is 2.71. The van der Waals surface area contributed by atoms with Crippen molar-refractivity contribution in [3.63, 3.8) is 0 Å². The van der Waals surface area contributed by atoms with E-state index < -0.39 is 5.97 Å². The molecule has 3 aromatic carbocycles. The number of hydrogen-bond donors (Lipinski definition) is 0. The molecule has 0 saturated carbocycles. The van der Waals surface area contributed by atoms with Crippen LogP contribution < -0.4 is 9.47 Å². The zero-order valence-corrected chi connectivity index (χ0v) is 15.2. The van der Waals surface area contributed by atoms with E-state index in [9.17, 15) is 4.79 Å². The Hall–Kier alpha value is -2.76. The molecule has 6 heteroatoms. The van der Waals surface area contributed by atoms with E-state index in [2.05, 4.69) is 0 Å². The van der Waals surface area contributed by atoms with Gasteiger partial charge < -0.3 is 18.9 Å². The molecule has 0 bridgehead atoms. The van der Waals surface area contributed by atoms with Crippen LogP contribution in [-0.4, -0.2) is 19.4 Å². The van der Waals surface area contributed by atoms with Gasteiger partial charge in [-0.1, -0.05) is 41.9 Å². The molecule has 1 heterocycles. The number of hydrogen-bond acceptors (Lipinski definition) is 5. The second kappa shape index (κ2) is 7.86. The number of halogens is 1. The van der Waals surface area contributed by atoms with Gasteiger partial charge in [0.1, 0.15) is 18.1 Å². The van der Waals surface area contributed by atoms with E-state index in [0.29, 0.717) is 28.7 Å². The van der Waals surface area contributed by atoms with Crippen LogP contribution in [0.25, 0.3) is 10.8 Å². The Bertz CT molecular complexity index is 985. The zero-order chi connectivity index (χ0) is 18.6. The highest BCUT2D eigenvalue weighted by Gasteiger charge is 2.17. The molecule has 0 aliphatic carbocycles. The van der Waals surface area contributed by atoms with Crippen molar-refractivity contribution in [3.05, 3.63) is 70.7 Å². The first kappa shape index (κ1) is 17.6. The van der Waals surface area contributed by atoms with E-state index >= 15 is 0 Å². The van der Waals surface area contributed by atoms with Crippen LogP contribution in [0.1, 0.15) is 11.1 Å². The van der Waals surface area contributed by atoms with Gasteiger partial charge in [0.2, 0.25) is 0 Å². The van der Waals surface area contributed by atoms with Gasteiger partial charge in [0.05, 0.1) is 6.61 Å². The largest absolute Gasteiger partial charge is 0.482 e. The van der Waals surface area contributed by atoms with Crippen molar-refractivity contribution < 1.29 is 23.7 Å². The van der Waals surface area contributed by atoms with E-state index in [1.54, 1.807) is 12.1 Å². The molecule has 0 spiro atoms. The molecule has 0 radical (unpaired) electrons. The minimum Gasteiger partial charge on any atom is -0.482 e. The van der Waals surface area contributed by atoms with Crippen LogP contribution in [0, 0.1) is 0 Å². The Morgan fingerprint density at radius 3 is 2.81 bits per heavy atom. The van der Waals surface area contributed by atoms with Crippen molar-refractivity contribution in [2.75, 3.05) is 13.4 Å². The summed E-state index contributed by atoms with van der Waals surface area (Å²) >= 11 is 6.11. The molecule has 0 fully saturated rings. The van der Waals surface area contributed by atoms with Crippen LogP contribution in [0.15, 0.2) is 54.6 Å². The van der Waals surface area contributed by atoms with Crippen molar-refractivity contribution >= 4 is 28.3 Å². The zero-order valence-electron chi connectivity index (χ0n) is 14.4. The van der Waals surface area contributed by atoms with Gasteiger partial charge in [-0.3, -0.25) is 0 Å². The molecule has 0 aromatic heterocycles. The minimum absolute atomic E-state index is 0.0583. The molecule has 4 rings (SSSR count). The van der Waals surface area contributed by atoms with Crippen molar-refractivity contribution in [2.24, 2.45) is 0 Å². The number of benzene rings is 3. The smallest absolute Gasteiger partial charge is 0.344 e. The first-order valence-electron chi connectivity index (χ1n) is 8.48. The van der Waals surface area contributed by atoms with Gasteiger partial charge in [0.25, 0.3) is 0 Å². The molecule has 1 aliphatic heterocycles. The summed E-state index contributed by atoms with van der Waals surface area (Å²) in [4.78, 5) is 12.1. The number of esters is 1. The standard InChI is InChI=1S/C21H17ClO5/c22-18-7-16-10-24-13-27-21(16)17(8-18)11-26-20(23)12-25-19-6-5-14-3-1-2-4-15(14)9-19/h1-9H,10-13H2. The fourth-order valence-electron chi connectivity index (χ4n) is 2.96. The fraction of sp³-hybridized carbons (Fsp3) is 0.190. The average molecular weight is 385 g/mol. The lowest BCUT2D eigenvalue weighted by atomic mass is 10.1. The Labute approximate surface area is 161 Å². The summed E-state index contributed by atoms with van der Waals surface area (Å²) in [7, 11) is 0. The van der Waals surface area contributed by atoms with E-state index in [1.807, 2.05) is 42.5 Å². The number of rotatable bonds is 5. The summed E-state index contributed by atoms with van der Waals surface area (Å²) < 4.78 is 21.6. The highest BCUT2D eigenvalue weighted by atomic mass is 35.5. The second-order valence-electron chi connectivity index (χ2n) is 6.12. The molecule has 3 aromatic rings. The molecule has 5 nitrogen and oxygen atoms in total. The monoisotopic (exact) mass is 384 g/mol. The number of carbonyl (C=O) groups excluding carboxylic acids is 1. The number of fused-ring (bicyclic) bond motifs is 2. The molecule has 1 aliphatic rings. The fourth-order valence-corrected chi connectivity index (χ4v) is 3.23. The number of ether oxygens (including phenoxy) is 4. The highest BCUT2D eigenvalue weighted by molar-refractivity contribution is 6.30. The van der Waals surface area contributed by atoms with Gasteiger partial charge in [-0.2, -0.15) is 0 Å². The summed E-state index contributed by atoms with van der Waals surface area (Å²) in [5.41, 5.74) is 1.55. The average Bonchev–Trinajstić information content (AvgIpc) is 2.70. The molecule has 0 saturated heterocycles. The van der Waals surface area contributed by atoms with E-state index in [-0.39, 0.29) is 20.0 Å². The summed E-state index contributed by atoms with van der Waals surface area (Å²) in [6.45, 7) is 0.469. The quantitative estimate of drug-likeness (QED) is 0.607. The maximum Gasteiger partial charge on any atom is 0.344 e. The van der Waals surface area contributed by atoms with E-state index in [0.717, 1.165) is 16.3 Å². The predicted octanol–water partition coefficient (Wildman–Crippen LogP) is 4.48. The lowest BCUT2D eigenvalue weighted by Crippen LogP contribution is -2.17. The molecule has 27 heavy (non-hydrogen) atoms. The third-order valence-corrected chi connectivity index (χ3v) is 4.44. The van der Waals surface area contributed by atoms with Gasteiger partial charge in [0.15, 0.2) is 13.4 Å². The molecule has 0 atom stereocenters. The summed E-state index contributed by atoms with van der Waals surface area (Å²) in [6, 6.07) is 17.1. The first-order valence-corrected chi connectivity index (χ1v) is 8.86. The molecular formula is C21H17ClO5. The highest BCUT2D eigenvalue weighted by Crippen LogP contribution is 2.32. The Morgan fingerprint density at radius 1 is 1.07 bits per heavy atom. The van der Waals surface area contributed by atoms with Crippen LogP contribution in [0.5, 0.6) is 11.5 Å². The maximum atomic E-state index is 12.1. The molecule has 138 valence electrons. The third kappa shape index (κ3) is 4.15.